The van der Waals surface area contributed by atoms with Gasteiger partial charge in [0.2, 0.25) is 15.9 Å². The van der Waals surface area contributed by atoms with Crippen LogP contribution in [0.25, 0.3) is 0 Å². The number of terminal acetylenes is 1. The van der Waals surface area contributed by atoms with Crippen molar-refractivity contribution in [1.29, 1.82) is 0 Å². The molecule has 9 heteroatoms. The minimum Gasteiger partial charge on any atom is -0.399 e. The Hall–Kier alpha value is -3.35. The normalized spacial score (nSPS) is 12.5. The quantitative estimate of drug-likeness (QED) is 0.490. The minimum absolute atomic E-state index is 0.140. The molecule has 2 amide bonds. The molecule has 0 bridgehead atoms. The molecule has 0 radical (unpaired) electrons. The number of sulfonamides is 1. The van der Waals surface area contributed by atoms with Crippen molar-refractivity contribution in [3.8, 4) is 12.3 Å². The van der Waals surface area contributed by atoms with Crippen molar-refractivity contribution in [3.05, 3.63) is 54.1 Å². The van der Waals surface area contributed by atoms with Gasteiger partial charge >= 0.3 is 5.91 Å². The van der Waals surface area contributed by atoms with E-state index in [1.165, 1.54) is 24.3 Å². The van der Waals surface area contributed by atoms with Gasteiger partial charge < -0.3 is 11.1 Å². The number of benzene rings is 2. The third-order valence-electron chi connectivity index (χ3n) is 4.02. The molecule has 2 aromatic carbocycles. The minimum atomic E-state index is -3.93. The summed E-state index contributed by atoms with van der Waals surface area (Å²) in [5.74, 6) is 0.762. The Labute approximate surface area is 176 Å². The first kappa shape index (κ1) is 22.9. The lowest BCUT2D eigenvalue weighted by Crippen LogP contribution is -2.49. The number of amides is 2. The summed E-state index contributed by atoms with van der Waals surface area (Å²) < 4.78 is 23.1. The second-order valence-corrected chi connectivity index (χ2v) is 9.23. The van der Waals surface area contributed by atoms with E-state index >= 15 is 0 Å². The van der Waals surface area contributed by atoms with Gasteiger partial charge in [-0.1, -0.05) is 12.1 Å². The lowest BCUT2D eigenvalue weighted by atomic mass is 10.00. The molecule has 30 heavy (non-hydrogen) atoms. The average molecular weight is 429 g/mol. The largest absolute Gasteiger partial charge is 0.399 e. The van der Waals surface area contributed by atoms with Crippen molar-refractivity contribution in [3.63, 3.8) is 0 Å². The van der Waals surface area contributed by atoms with Crippen LogP contribution in [0.15, 0.2) is 53.4 Å². The molecule has 0 aliphatic heterocycles. The van der Waals surface area contributed by atoms with Crippen LogP contribution in [0.1, 0.15) is 32.4 Å². The monoisotopic (exact) mass is 428 g/mol. The molecule has 2 rings (SSSR count). The maximum atomic E-state index is 13.2. The summed E-state index contributed by atoms with van der Waals surface area (Å²) in [6.07, 6.45) is 5.37. The Kier molecular flexibility index (Phi) is 6.55. The smallest absolute Gasteiger partial charge is 0.303 e. The number of carbonyl (C=O) groups is 2. The molecule has 0 saturated carbocycles. The van der Waals surface area contributed by atoms with Crippen LogP contribution in [0.4, 0.5) is 11.4 Å². The fraction of sp³-hybridized carbons (Fsp3) is 0.238. The molecule has 0 aliphatic rings. The highest BCUT2D eigenvalue weighted by Crippen LogP contribution is 2.30. The van der Waals surface area contributed by atoms with Gasteiger partial charge in [0, 0.05) is 16.9 Å². The van der Waals surface area contributed by atoms with E-state index in [0.717, 1.165) is 4.90 Å². The summed E-state index contributed by atoms with van der Waals surface area (Å²) in [7, 11) is -3.93. The number of hydrogen-bond acceptors (Lipinski definition) is 5. The van der Waals surface area contributed by atoms with Gasteiger partial charge in [-0.3, -0.25) is 14.5 Å². The molecular formula is C21H24N4O4S. The molecule has 0 heterocycles. The van der Waals surface area contributed by atoms with E-state index in [9.17, 15) is 18.0 Å². The first-order chi connectivity index (χ1) is 13.8. The molecule has 0 saturated heterocycles. The number of nitrogen functional groups attached to an aromatic ring is 1. The van der Waals surface area contributed by atoms with E-state index in [1.807, 2.05) is 5.92 Å². The Morgan fingerprint density at radius 3 is 2.20 bits per heavy atom. The number of nitrogens with one attached hydrogen (secondary N) is 1. The predicted octanol–water partition coefficient (Wildman–Crippen LogP) is 1.54. The van der Waals surface area contributed by atoms with Crippen molar-refractivity contribution >= 4 is 33.2 Å². The summed E-state index contributed by atoms with van der Waals surface area (Å²) in [5, 5.41) is 7.98. The SMILES string of the molecule is C#CC(=O)N(c1ccc(S(N)(=O)=O)cc1)C(C(=O)NC(C)(C)C)c1cccc(N)c1. The molecule has 2 aromatic rings. The van der Waals surface area contributed by atoms with Crippen LogP contribution in [0, 0.1) is 12.3 Å². The highest BCUT2D eigenvalue weighted by molar-refractivity contribution is 7.89. The first-order valence-electron chi connectivity index (χ1n) is 8.93. The number of anilines is 2. The first-order valence-corrected chi connectivity index (χ1v) is 10.5. The van der Waals surface area contributed by atoms with Crippen LogP contribution >= 0.6 is 0 Å². The van der Waals surface area contributed by atoms with Crippen LogP contribution in [-0.4, -0.2) is 25.8 Å². The van der Waals surface area contributed by atoms with Crippen LogP contribution in [-0.2, 0) is 19.6 Å². The Morgan fingerprint density at radius 1 is 1.13 bits per heavy atom. The third-order valence-corrected chi connectivity index (χ3v) is 4.95. The van der Waals surface area contributed by atoms with Crippen molar-refractivity contribution in [2.75, 3.05) is 10.6 Å². The van der Waals surface area contributed by atoms with E-state index in [-0.39, 0.29) is 10.6 Å². The number of primary sulfonamides is 1. The molecule has 1 atom stereocenters. The highest BCUT2D eigenvalue weighted by Gasteiger charge is 2.34. The maximum Gasteiger partial charge on any atom is 0.303 e. The molecule has 5 N–H and O–H groups in total. The molecule has 8 nitrogen and oxygen atoms in total. The topological polar surface area (TPSA) is 136 Å². The number of nitrogens with two attached hydrogens (primary N) is 2. The van der Waals surface area contributed by atoms with E-state index in [0.29, 0.717) is 11.3 Å². The predicted molar refractivity (Wildman–Crippen MR) is 116 cm³/mol. The zero-order valence-corrected chi connectivity index (χ0v) is 17.7. The fourth-order valence-corrected chi connectivity index (χ4v) is 3.35. The Morgan fingerprint density at radius 2 is 1.73 bits per heavy atom. The number of carbonyl (C=O) groups excluding carboxylic acids is 2. The molecule has 1 unspecified atom stereocenters. The molecule has 158 valence electrons. The summed E-state index contributed by atoms with van der Waals surface area (Å²) in [4.78, 5) is 26.9. The van der Waals surface area contributed by atoms with E-state index in [2.05, 4.69) is 5.32 Å². The van der Waals surface area contributed by atoms with Crippen molar-refractivity contribution in [1.82, 2.24) is 5.32 Å². The second kappa shape index (κ2) is 8.57. The molecule has 0 fully saturated rings. The standard InChI is InChI=1S/C21H24N4O4S/c1-5-18(26)25(16-9-11-17(12-10-16)30(23,28)29)19(20(27)24-21(2,3)4)14-7-6-8-15(22)13-14/h1,6-13,19H,22H2,2-4H3,(H,24,27)(H2,23,28,29). The zero-order valence-electron chi connectivity index (χ0n) is 16.9. The highest BCUT2D eigenvalue weighted by atomic mass is 32.2. The summed E-state index contributed by atoms with van der Waals surface area (Å²) >= 11 is 0. The van der Waals surface area contributed by atoms with Gasteiger partial charge in [0.05, 0.1) is 4.90 Å². The van der Waals surface area contributed by atoms with Gasteiger partial charge in [-0.2, -0.15) is 0 Å². The van der Waals surface area contributed by atoms with E-state index in [1.54, 1.807) is 45.0 Å². The lowest BCUT2D eigenvalue weighted by molar-refractivity contribution is -0.126. The van der Waals surface area contributed by atoms with Crippen molar-refractivity contribution in [2.24, 2.45) is 5.14 Å². The van der Waals surface area contributed by atoms with Crippen LogP contribution in [0.5, 0.6) is 0 Å². The van der Waals surface area contributed by atoms with Crippen molar-refractivity contribution < 1.29 is 18.0 Å². The van der Waals surface area contributed by atoms with Gasteiger partial charge in [-0.25, -0.2) is 13.6 Å². The van der Waals surface area contributed by atoms with Crippen LogP contribution in [0.3, 0.4) is 0 Å². The van der Waals surface area contributed by atoms with Gasteiger partial charge in [0.15, 0.2) is 0 Å². The van der Waals surface area contributed by atoms with E-state index < -0.39 is 33.4 Å². The summed E-state index contributed by atoms with van der Waals surface area (Å²) in [6, 6.07) is 10.6. The number of rotatable bonds is 5. The molecular weight excluding hydrogens is 404 g/mol. The Bertz CT molecular complexity index is 1100. The second-order valence-electron chi connectivity index (χ2n) is 7.67. The summed E-state index contributed by atoms with van der Waals surface area (Å²) in [5.41, 5.74) is 6.36. The molecule has 0 spiro atoms. The average Bonchev–Trinajstić information content (AvgIpc) is 2.63. The number of hydrogen-bond donors (Lipinski definition) is 3. The molecule has 0 aromatic heterocycles. The van der Waals surface area contributed by atoms with Crippen molar-refractivity contribution in [2.45, 2.75) is 37.2 Å². The number of nitrogens with zero attached hydrogens (tertiary/aromatic N) is 1. The summed E-state index contributed by atoms with van der Waals surface area (Å²) in [6.45, 7) is 5.40. The molecule has 0 aliphatic carbocycles. The lowest BCUT2D eigenvalue weighted by Gasteiger charge is -2.32. The van der Waals surface area contributed by atoms with Gasteiger partial charge in [0.25, 0.3) is 0 Å². The van der Waals surface area contributed by atoms with Gasteiger partial charge in [0.1, 0.15) is 6.04 Å². The van der Waals surface area contributed by atoms with Gasteiger partial charge in [-0.05, 0) is 68.7 Å². The van der Waals surface area contributed by atoms with Crippen LogP contribution in [0.2, 0.25) is 0 Å². The maximum absolute atomic E-state index is 13.2. The van der Waals surface area contributed by atoms with Crippen LogP contribution < -0.4 is 21.1 Å². The fourth-order valence-electron chi connectivity index (χ4n) is 2.83. The van der Waals surface area contributed by atoms with E-state index in [4.69, 9.17) is 17.3 Å². The van der Waals surface area contributed by atoms with Gasteiger partial charge in [-0.15, -0.1) is 6.42 Å². The third kappa shape index (κ3) is 5.59. The Balaban J connectivity index is 2.66. The zero-order chi connectivity index (χ0) is 22.7.